The second kappa shape index (κ2) is 6.42. The van der Waals surface area contributed by atoms with E-state index in [1.54, 1.807) is 0 Å². The van der Waals surface area contributed by atoms with Crippen molar-refractivity contribution in [3.8, 4) is 6.07 Å². The van der Waals surface area contributed by atoms with E-state index >= 15 is 0 Å². The fourth-order valence-corrected chi connectivity index (χ4v) is 2.52. The largest absolute Gasteiger partial charge is 0.310 e. The normalized spacial score (nSPS) is 17.4. The van der Waals surface area contributed by atoms with Crippen molar-refractivity contribution in [2.45, 2.75) is 51.1 Å². The number of nitrogens with zero attached hydrogens (tertiary/aromatic N) is 1. The fourth-order valence-electron chi connectivity index (χ4n) is 2.52. The van der Waals surface area contributed by atoms with Crippen LogP contribution in [0.5, 0.6) is 0 Å². The molecule has 0 amide bonds. The second-order valence-electron chi connectivity index (χ2n) is 4.84. The molecule has 1 fully saturated rings. The predicted molar refractivity (Wildman–Crippen MR) is 69.5 cm³/mol. The van der Waals surface area contributed by atoms with Crippen LogP contribution >= 0.6 is 0 Å². The van der Waals surface area contributed by atoms with E-state index in [4.69, 9.17) is 5.26 Å². The lowest BCUT2D eigenvalue weighted by molar-refractivity contribution is 0.459. The van der Waals surface area contributed by atoms with Crippen molar-refractivity contribution in [2.24, 2.45) is 0 Å². The highest BCUT2D eigenvalue weighted by Gasteiger charge is 2.11. The van der Waals surface area contributed by atoms with Crippen molar-refractivity contribution in [3.63, 3.8) is 0 Å². The van der Waals surface area contributed by atoms with E-state index in [0.29, 0.717) is 6.04 Å². The van der Waals surface area contributed by atoms with Crippen LogP contribution in [0.15, 0.2) is 24.3 Å². The van der Waals surface area contributed by atoms with E-state index in [1.165, 1.54) is 38.5 Å². The first-order valence-electron chi connectivity index (χ1n) is 6.61. The molecule has 2 nitrogen and oxygen atoms in total. The van der Waals surface area contributed by atoms with Gasteiger partial charge in [-0.3, -0.25) is 0 Å². The highest BCUT2D eigenvalue weighted by Crippen LogP contribution is 2.18. The Labute approximate surface area is 104 Å². The van der Waals surface area contributed by atoms with Crippen LogP contribution in [0.3, 0.4) is 0 Å². The summed E-state index contributed by atoms with van der Waals surface area (Å²) >= 11 is 0. The molecular formula is C15H20N2. The highest BCUT2D eigenvalue weighted by molar-refractivity contribution is 5.37. The molecule has 1 saturated carbocycles. The lowest BCUT2D eigenvalue weighted by atomic mass is 10.1. The zero-order chi connectivity index (χ0) is 11.9. The summed E-state index contributed by atoms with van der Waals surface area (Å²) in [6, 6.07) is 10.8. The lowest BCUT2D eigenvalue weighted by Crippen LogP contribution is -2.28. The van der Waals surface area contributed by atoms with Gasteiger partial charge < -0.3 is 5.32 Å². The standard InChI is InChI=1S/C15H20N2/c16-11-13-7-5-6-8-14(13)12-17-15-9-3-1-2-4-10-15/h5-8,15,17H,1-4,9-10,12H2. The molecule has 0 radical (unpaired) electrons. The third kappa shape index (κ3) is 3.57. The Hall–Kier alpha value is -1.33. The molecular weight excluding hydrogens is 208 g/mol. The maximum absolute atomic E-state index is 9.02. The van der Waals surface area contributed by atoms with Gasteiger partial charge in [-0.2, -0.15) is 5.26 Å². The van der Waals surface area contributed by atoms with Gasteiger partial charge in [-0.05, 0) is 24.5 Å². The molecule has 0 aliphatic heterocycles. The van der Waals surface area contributed by atoms with Crippen molar-refractivity contribution >= 4 is 0 Å². The molecule has 0 spiro atoms. The van der Waals surface area contributed by atoms with E-state index in [9.17, 15) is 0 Å². The molecule has 1 aromatic carbocycles. The van der Waals surface area contributed by atoms with Crippen LogP contribution < -0.4 is 5.32 Å². The first-order valence-corrected chi connectivity index (χ1v) is 6.61. The van der Waals surface area contributed by atoms with Crippen LogP contribution in [0.2, 0.25) is 0 Å². The topological polar surface area (TPSA) is 35.8 Å². The first-order chi connectivity index (χ1) is 8.40. The Kier molecular flexibility index (Phi) is 4.58. The number of rotatable bonds is 3. The lowest BCUT2D eigenvalue weighted by Gasteiger charge is -2.16. The molecule has 0 bridgehead atoms. The van der Waals surface area contributed by atoms with Crippen molar-refractivity contribution in [3.05, 3.63) is 35.4 Å². The second-order valence-corrected chi connectivity index (χ2v) is 4.84. The molecule has 17 heavy (non-hydrogen) atoms. The highest BCUT2D eigenvalue weighted by atomic mass is 14.9. The molecule has 2 heteroatoms. The van der Waals surface area contributed by atoms with E-state index in [-0.39, 0.29) is 0 Å². The zero-order valence-corrected chi connectivity index (χ0v) is 10.3. The number of nitriles is 1. The van der Waals surface area contributed by atoms with Gasteiger partial charge in [-0.1, -0.05) is 43.9 Å². The van der Waals surface area contributed by atoms with Crippen molar-refractivity contribution in [2.75, 3.05) is 0 Å². The van der Waals surface area contributed by atoms with Crippen molar-refractivity contribution in [1.29, 1.82) is 5.26 Å². The number of nitrogens with one attached hydrogen (secondary N) is 1. The van der Waals surface area contributed by atoms with Gasteiger partial charge in [0.25, 0.3) is 0 Å². The van der Waals surface area contributed by atoms with Gasteiger partial charge in [-0.25, -0.2) is 0 Å². The summed E-state index contributed by atoms with van der Waals surface area (Å²) < 4.78 is 0. The quantitative estimate of drug-likeness (QED) is 0.805. The van der Waals surface area contributed by atoms with Gasteiger partial charge in [0.1, 0.15) is 0 Å². The minimum absolute atomic E-state index is 0.643. The summed E-state index contributed by atoms with van der Waals surface area (Å²) in [5.41, 5.74) is 1.92. The van der Waals surface area contributed by atoms with Crippen LogP contribution in [0.25, 0.3) is 0 Å². The van der Waals surface area contributed by atoms with E-state index in [1.807, 2.05) is 24.3 Å². The monoisotopic (exact) mass is 228 g/mol. The summed E-state index contributed by atoms with van der Waals surface area (Å²) in [6.45, 7) is 0.828. The smallest absolute Gasteiger partial charge is 0.0995 e. The Morgan fingerprint density at radius 1 is 1.12 bits per heavy atom. The molecule has 0 saturated heterocycles. The first kappa shape index (κ1) is 12.1. The molecule has 0 heterocycles. The summed E-state index contributed by atoms with van der Waals surface area (Å²) in [6.07, 6.45) is 8.03. The maximum atomic E-state index is 9.02. The maximum Gasteiger partial charge on any atom is 0.0995 e. The number of hydrogen-bond acceptors (Lipinski definition) is 2. The van der Waals surface area contributed by atoms with Gasteiger partial charge in [-0.15, -0.1) is 0 Å². The number of benzene rings is 1. The van der Waals surface area contributed by atoms with Crippen molar-refractivity contribution in [1.82, 2.24) is 5.32 Å². The van der Waals surface area contributed by atoms with Crippen molar-refractivity contribution < 1.29 is 0 Å². The SMILES string of the molecule is N#Cc1ccccc1CNC1CCCCCC1. The van der Waals surface area contributed by atoms with Gasteiger partial charge in [0, 0.05) is 12.6 Å². The van der Waals surface area contributed by atoms with Crippen LogP contribution in [-0.4, -0.2) is 6.04 Å². The van der Waals surface area contributed by atoms with Gasteiger partial charge in [0.05, 0.1) is 11.6 Å². The summed E-state index contributed by atoms with van der Waals surface area (Å²) in [5.74, 6) is 0. The van der Waals surface area contributed by atoms with Crippen LogP contribution in [0.1, 0.15) is 49.7 Å². The molecule has 1 aliphatic carbocycles. The predicted octanol–water partition coefficient (Wildman–Crippen LogP) is 3.37. The average molecular weight is 228 g/mol. The zero-order valence-electron chi connectivity index (χ0n) is 10.3. The minimum atomic E-state index is 0.643. The van der Waals surface area contributed by atoms with E-state index < -0.39 is 0 Å². The Morgan fingerprint density at radius 2 is 1.82 bits per heavy atom. The Balaban J connectivity index is 1.90. The summed E-state index contributed by atoms with van der Waals surface area (Å²) in [4.78, 5) is 0. The molecule has 1 aliphatic rings. The molecule has 0 atom stereocenters. The Bertz CT molecular complexity index is 384. The number of hydrogen-bond donors (Lipinski definition) is 1. The van der Waals surface area contributed by atoms with Gasteiger partial charge >= 0.3 is 0 Å². The van der Waals surface area contributed by atoms with Gasteiger partial charge in [0.15, 0.2) is 0 Å². The minimum Gasteiger partial charge on any atom is -0.310 e. The molecule has 0 unspecified atom stereocenters. The molecule has 1 aromatic rings. The summed E-state index contributed by atoms with van der Waals surface area (Å²) in [5, 5.41) is 12.6. The van der Waals surface area contributed by atoms with E-state index in [0.717, 1.165) is 17.7 Å². The Morgan fingerprint density at radius 3 is 2.53 bits per heavy atom. The average Bonchev–Trinajstić information content (AvgIpc) is 2.65. The molecule has 2 rings (SSSR count). The van der Waals surface area contributed by atoms with Crippen LogP contribution in [-0.2, 0) is 6.54 Å². The molecule has 1 N–H and O–H groups in total. The van der Waals surface area contributed by atoms with E-state index in [2.05, 4.69) is 11.4 Å². The molecule has 0 aromatic heterocycles. The summed E-state index contributed by atoms with van der Waals surface area (Å²) in [7, 11) is 0. The van der Waals surface area contributed by atoms with Crippen LogP contribution in [0, 0.1) is 11.3 Å². The third-order valence-corrected chi connectivity index (χ3v) is 3.57. The third-order valence-electron chi connectivity index (χ3n) is 3.57. The fraction of sp³-hybridized carbons (Fsp3) is 0.533. The molecule has 90 valence electrons. The van der Waals surface area contributed by atoms with Gasteiger partial charge in [0.2, 0.25) is 0 Å². The van der Waals surface area contributed by atoms with Crippen LogP contribution in [0.4, 0.5) is 0 Å².